The van der Waals surface area contributed by atoms with E-state index in [0.29, 0.717) is 12.5 Å². The number of nitrogens with one attached hydrogen (secondary N) is 1. The van der Waals surface area contributed by atoms with Gasteiger partial charge in [-0.25, -0.2) is 9.59 Å². The SMILES string of the molecule is CCOC(=O)Nc1ccc(CC2CCN(C(=O)OC(C)(C)C)CC2)cc1. The molecule has 1 aromatic carbocycles. The molecule has 2 amide bonds. The lowest BCUT2D eigenvalue weighted by Gasteiger charge is -2.33. The summed E-state index contributed by atoms with van der Waals surface area (Å²) in [6, 6.07) is 7.84. The molecule has 0 aromatic heterocycles. The van der Waals surface area contributed by atoms with Gasteiger partial charge in [0.05, 0.1) is 6.61 Å². The van der Waals surface area contributed by atoms with Gasteiger partial charge in [-0.05, 0) is 70.6 Å². The average Bonchev–Trinajstić information content (AvgIpc) is 2.56. The molecule has 2 rings (SSSR count). The molecule has 0 spiro atoms. The predicted octanol–water partition coefficient (Wildman–Crippen LogP) is 4.44. The van der Waals surface area contributed by atoms with Crippen LogP contribution in [-0.2, 0) is 15.9 Å². The number of anilines is 1. The molecular weight excluding hydrogens is 332 g/mol. The van der Waals surface area contributed by atoms with Gasteiger partial charge < -0.3 is 14.4 Å². The van der Waals surface area contributed by atoms with E-state index in [1.165, 1.54) is 5.56 Å². The summed E-state index contributed by atoms with van der Waals surface area (Å²) in [5, 5.41) is 2.69. The predicted molar refractivity (Wildman–Crippen MR) is 101 cm³/mol. The zero-order chi connectivity index (χ0) is 19.2. The zero-order valence-electron chi connectivity index (χ0n) is 16.2. The minimum Gasteiger partial charge on any atom is -0.450 e. The van der Waals surface area contributed by atoms with E-state index in [1.54, 1.807) is 11.8 Å². The lowest BCUT2D eigenvalue weighted by molar-refractivity contribution is 0.0184. The summed E-state index contributed by atoms with van der Waals surface area (Å²) in [7, 11) is 0. The van der Waals surface area contributed by atoms with E-state index in [1.807, 2.05) is 45.0 Å². The molecule has 1 fully saturated rings. The van der Waals surface area contributed by atoms with Gasteiger partial charge in [-0.15, -0.1) is 0 Å². The van der Waals surface area contributed by atoms with E-state index in [0.717, 1.165) is 38.0 Å². The topological polar surface area (TPSA) is 67.9 Å². The average molecular weight is 362 g/mol. The number of rotatable bonds is 4. The van der Waals surface area contributed by atoms with Crippen LogP contribution in [0.3, 0.4) is 0 Å². The molecule has 1 aliphatic heterocycles. The molecule has 1 saturated heterocycles. The van der Waals surface area contributed by atoms with Gasteiger partial charge in [0.1, 0.15) is 5.60 Å². The van der Waals surface area contributed by atoms with Crippen LogP contribution in [-0.4, -0.2) is 42.4 Å². The Kier molecular flexibility index (Phi) is 6.89. The van der Waals surface area contributed by atoms with E-state index in [2.05, 4.69) is 5.32 Å². The summed E-state index contributed by atoms with van der Waals surface area (Å²) in [5.74, 6) is 0.553. The Morgan fingerprint density at radius 3 is 2.31 bits per heavy atom. The summed E-state index contributed by atoms with van der Waals surface area (Å²) in [6.07, 6.45) is 2.27. The van der Waals surface area contributed by atoms with Gasteiger partial charge in [0.15, 0.2) is 0 Å². The number of amides is 2. The third-order valence-electron chi connectivity index (χ3n) is 4.27. The largest absolute Gasteiger partial charge is 0.450 e. The first-order valence-corrected chi connectivity index (χ1v) is 9.27. The Morgan fingerprint density at radius 1 is 1.15 bits per heavy atom. The van der Waals surface area contributed by atoms with Crippen molar-refractivity contribution in [3.8, 4) is 0 Å². The molecule has 1 N–H and O–H groups in total. The number of benzene rings is 1. The first kappa shape index (κ1) is 20.1. The number of nitrogens with zero attached hydrogens (tertiary/aromatic N) is 1. The van der Waals surface area contributed by atoms with Crippen LogP contribution in [0.25, 0.3) is 0 Å². The number of hydrogen-bond acceptors (Lipinski definition) is 4. The fraction of sp³-hybridized carbons (Fsp3) is 0.600. The second-order valence-electron chi connectivity index (χ2n) is 7.66. The van der Waals surface area contributed by atoms with Crippen molar-refractivity contribution in [2.75, 3.05) is 25.0 Å². The Balaban J connectivity index is 1.78. The van der Waals surface area contributed by atoms with Crippen LogP contribution in [0.15, 0.2) is 24.3 Å². The highest BCUT2D eigenvalue weighted by molar-refractivity contribution is 5.84. The standard InChI is InChI=1S/C20H30N2O4/c1-5-25-18(23)21-17-8-6-15(7-9-17)14-16-10-12-22(13-11-16)19(24)26-20(2,3)4/h6-9,16H,5,10-14H2,1-4H3,(H,21,23). The number of carbonyl (C=O) groups is 2. The van der Waals surface area contributed by atoms with E-state index in [9.17, 15) is 9.59 Å². The highest BCUT2D eigenvalue weighted by Gasteiger charge is 2.26. The van der Waals surface area contributed by atoms with Crippen molar-refractivity contribution in [2.24, 2.45) is 5.92 Å². The maximum absolute atomic E-state index is 12.1. The molecule has 1 aromatic rings. The van der Waals surface area contributed by atoms with Crippen LogP contribution in [0.4, 0.5) is 15.3 Å². The van der Waals surface area contributed by atoms with Gasteiger partial charge in [-0.1, -0.05) is 12.1 Å². The Hall–Kier alpha value is -2.24. The normalized spacial score (nSPS) is 15.5. The number of hydrogen-bond donors (Lipinski definition) is 1. The van der Waals surface area contributed by atoms with E-state index in [-0.39, 0.29) is 6.09 Å². The lowest BCUT2D eigenvalue weighted by Crippen LogP contribution is -2.42. The van der Waals surface area contributed by atoms with Crippen LogP contribution < -0.4 is 5.32 Å². The summed E-state index contributed by atoms with van der Waals surface area (Å²) < 4.78 is 10.3. The monoisotopic (exact) mass is 362 g/mol. The second-order valence-corrected chi connectivity index (χ2v) is 7.66. The van der Waals surface area contributed by atoms with Crippen molar-refractivity contribution >= 4 is 17.9 Å². The molecular formula is C20H30N2O4. The van der Waals surface area contributed by atoms with Crippen molar-refractivity contribution in [3.05, 3.63) is 29.8 Å². The number of piperidine rings is 1. The van der Waals surface area contributed by atoms with Gasteiger partial charge in [-0.3, -0.25) is 5.32 Å². The minimum atomic E-state index is -0.451. The van der Waals surface area contributed by atoms with Crippen molar-refractivity contribution < 1.29 is 19.1 Å². The summed E-state index contributed by atoms with van der Waals surface area (Å²) >= 11 is 0. The van der Waals surface area contributed by atoms with Gasteiger partial charge >= 0.3 is 12.2 Å². The zero-order valence-corrected chi connectivity index (χ0v) is 16.2. The second kappa shape index (κ2) is 8.92. The molecule has 0 saturated carbocycles. The van der Waals surface area contributed by atoms with E-state index in [4.69, 9.17) is 9.47 Å². The summed E-state index contributed by atoms with van der Waals surface area (Å²) in [6.45, 7) is 9.27. The van der Waals surface area contributed by atoms with Crippen molar-refractivity contribution in [1.82, 2.24) is 4.90 Å². The smallest absolute Gasteiger partial charge is 0.411 e. The van der Waals surface area contributed by atoms with E-state index < -0.39 is 11.7 Å². The molecule has 26 heavy (non-hydrogen) atoms. The first-order valence-electron chi connectivity index (χ1n) is 9.27. The minimum absolute atomic E-state index is 0.217. The van der Waals surface area contributed by atoms with Crippen LogP contribution >= 0.6 is 0 Å². The molecule has 144 valence electrons. The molecule has 1 aliphatic rings. The highest BCUT2D eigenvalue weighted by atomic mass is 16.6. The van der Waals surface area contributed by atoms with Gasteiger partial charge in [0.2, 0.25) is 0 Å². The van der Waals surface area contributed by atoms with Crippen molar-refractivity contribution in [3.63, 3.8) is 0 Å². The number of carbonyl (C=O) groups excluding carboxylic acids is 2. The molecule has 0 radical (unpaired) electrons. The molecule has 6 nitrogen and oxygen atoms in total. The number of likely N-dealkylation sites (tertiary alicyclic amines) is 1. The Bertz CT molecular complexity index is 599. The van der Waals surface area contributed by atoms with Crippen LogP contribution in [0, 0.1) is 5.92 Å². The molecule has 0 bridgehead atoms. The third kappa shape index (κ3) is 6.58. The fourth-order valence-electron chi connectivity index (χ4n) is 2.99. The quantitative estimate of drug-likeness (QED) is 0.859. The van der Waals surface area contributed by atoms with Crippen molar-refractivity contribution in [1.29, 1.82) is 0 Å². The molecule has 0 atom stereocenters. The van der Waals surface area contributed by atoms with Crippen LogP contribution in [0.1, 0.15) is 46.1 Å². The third-order valence-corrected chi connectivity index (χ3v) is 4.27. The van der Waals surface area contributed by atoms with Gasteiger partial charge in [-0.2, -0.15) is 0 Å². The first-order chi connectivity index (χ1) is 12.3. The maximum atomic E-state index is 12.1. The number of ether oxygens (including phenoxy) is 2. The molecule has 6 heteroatoms. The Morgan fingerprint density at radius 2 is 1.77 bits per heavy atom. The molecule has 1 heterocycles. The van der Waals surface area contributed by atoms with Crippen molar-refractivity contribution in [2.45, 2.75) is 52.6 Å². The summed E-state index contributed by atoms with van der Waals surface area (Å²) in [5.41, 5.74) is 1.51. The highest BCUT2D eigenvalue weighted by Crippen LogP contribution is 2.24. The lowest BCUT2D eigenvalue weighted by atomic mass is 9.90. The Labute approximate surface area is 155 Å². The van der Waals surface area contributed by atoms with Crippen LogP contribution in [0.2, 0.25) is 0 Å². The van der Waals surface area contributed by atoms with Gasteiger partial charge in [0.25, 0.3) is 0 Å². The van der Waals surface area contributed by atoms with Crippen LogP contribution in [0.5, 0.6) is 0 Å². The summed E-state index contributed by atoms with van der Waals surface area (Å²) in [4.78, 5) is 25.3. The molecule has 0 aliphatic carbocycles. The van der Waals surface area contributed by atoms with Gasteiger partial charge in [0, 0.05) is 18.8 Å². The molecule has 0 unspecified atom stereocenters. The van der Waals surface area contributed by atoms with E-state index >= 15 is 0 Å². The fourth-order valence-corrected chi connectivity index (χ4v) is 2.99. The maximum Gasteiger partial charge on any atom is 0.411 e.